The lowest BCUT2D eigenvalue weighted by Crippen LogP contribution is -2.10. The van der Waals surface area contributed by atoms with Crippen molar-refractivity contribution >= 4 is 57.9 Å². The molecule has 0 atom stereocenters. The summed E-state index contributed by atoms with van der Waals surface area (Å²) in [4.78, 5) is 0. The van der Waals surface area contributed by atoms with Crippen molar-refractivity contribution in [2.75, 3.05) is 5.75 Å². The molecule has 0 saturated carbocycles. The SMILES string of the molecule is [O]S(=O)(=O)CCC(Br)(Br)Br. The molecule has 1 radical (unpaired) electrons. The maximum absolute atomic E-state index is 10.1. The molecule has 61 valence electrons. The van der Waals surface area contributed by atoms with E-state index in [2.05, 4.69) is 47.8 Å². The van der Waals surface area contributed by atoms with E-state index in [1.807, 2.05) is 0 Å². The quantitative estimate of drug-likeness (QED) is 0.708. The highest BCUT2D eigenvalue weighted by atomic mass is 80.0. The predicted molar refractivity (Wildman–Crippen MR) is 48.6 cm³/mol. The van der Waals surface area contributed by atoms with Crippen LogP contribution in [-0.2, 0) is 14.7 Å². The second-order valence-corrected chi connectivity index (χ2v) is 10.4. The molecule has 0 aliphatic rings. The van der Waals surface area contributed by atoms with Gasteiger partial charge in [-0.2, -0.15) is 8.42 Å². The third kappa shape index (κ3) is 9.35. The summed E-state index contributed by atoms with van der Waals surface area (Å²) in [5, 5.41) is 0. The number of halogens is 3. The first-order valence-electron chi connectivity index (χ1n) is 2.21. The molecule has 0 saturated heterocycles. The summed E-state index contributed by atoms with van der Waals surface area (Å²) >= 11 is 9.18. The molecule has 0 fully saturated rings. The van der Waals surface area contributed by atoms with E-state index in [-0.39, 0.29) is 6.42 Å². The Hall–Kier alpha value is 1.35. The van der Waals surface area contributed by atoms with Gasteiger partial charge in [-0.25, -0.2) is 0 Å². The molecular weight excluding hydrogens is 356 g/mol. The second-order valence-electron chi connectivity index (χ2n) is 1.63. The van der Waals surface area contributed by atoms with Crippen LogP contribution in [0.2, 0.25) is 0 Å². The third-order valence-corrected chi connectivity index (χ3v) is 2.53. The topological polar surface area (TPSA) is 54.0 Å². The summed E-state index contributed by atoms with van der Waals surface area (Å²) in [6.07, 6.45) is 0.179. The number of hydrogen-bond donors (Lipinski definition) is 0. The fourth-order valence-corrected chi connectivity index (χ4v) is 2.18. The molecule has 0 aromatic rings. The number of rotatable bonds is 2. The van der Waals surface area contributed by atoms with Crippen LogP contribution in [0.3, 0.4) is 0 Å². The molecule has 0 amide bonds. The summed E-state index contributed by atoms with van der Waals surface area (Å²) in [7, 11) is -4.10. The lowest BCUT2D eigenvalue weighted by atomic mass is 10.6. The molecule has 0 N–H and O–H groups in total. The summed E-state index contributed by atoms with van der Waals surface area (Å²) in [5.41, 5.74) is 0. The minimum absolute atomic E-state index is 0.179. The van der Waals surface area contributed by atoms with Gasteiger partial charge >= 0.3 is 0 Å². The van der Waals surface area contributed by atoms with Crippen molar-refractivity contribution in [2.24, 2.45) is 0 Å². The predicted octanol–water partition coefficient (Wildman–Crippen LogP) is 1.98. The Morgan fingerprint density at radius 2 is 1.60 bits per heavy atom. The molecule has 3 nitrogen and oxygen atoms in total. The van der Waals surface area contributed by atoms with Crippen molar-refractivity contribution in [1.82, 2.24) is 0 Å². The minimum atomic E-state index is -4.10. The maximum atomic E-state index is 10.1. The van der Waals surface area contributed by atoms with E-state index in [9.17, 15) is 13.0 Å². The lowest BCUT2D eigenvalue weighted by Gasteiger charge is -2.08. The van der Waals surface area contributed by atoms with Crippen molar-refractivity contribution in [3.8, 4) is 0 Å². The van der Waals surface area contributed by atoms with E-state index < -0.39 is 18.0 Å². The molecule has 10 heavy (non-hydrogen) atoms. The molecule has 0 heterocycles. The molecule has 0 spiro atoms. The van der Waals surface area contributed by atoms with Crippen LogP contribution in [0, 0.1) is 0 Å². The van der Waals surface area contributed by atoms with Crippen LogP contribution in [0.1, 0.15) is 6.42 Å². The van der Waals surface area contributed by atoms with Crippen LogP contribution in [0.15, 0.2) is 0 Å². The van der Waals surface area contributed by atoms with E-state index in [0.717, 1.165) is 0 Å². The van der Waals surface area contributed by atoms with E-state index in [0.29, 0.717) is 0 Å². The van der Waals surface area contributed by atoms with Crippen molar-refractivity contribution in [3.63, 3.8) is 0 Å². The fourth-order valence-electron chi connectivity index (χ4n) is 0.241. The molecule has 0 aromatic heterocycles. The van der Waals surface area contributed by atoms with Crippen LogP contribution >= 0.6 is 47.8 Å². The summed E-state index contributed by atoms with van der Waals surface area (Å²) in [5.74, 6) is -0.394. The van der Waals surface area contributed by atoms with Gasteiger partial charge in [0.05, 0.1) is 5.75 Å². The maximum Gasteiger partial charge on any atom is 0.294 e. The summed E-state index contributed by atoms with van der Waals surface area (Å²) in [6, 6.07) is 0. The zero-order valence-electron chi connectivity index (χ0n) is 4.68. The van der Waals surface area contributed by atoms with Crippen molar-refractivity contribution in [1.29, 1.82) is 0 Å². The summed E-state index contributed by atoms with van der Waals surface area (Å²) in [6.45, 7) is 0. The van der Waals surface area contributed by atoms with E-state index in [1.54, 1.807) is 0 Å². The molecule has 0 aliphatic carbocycles. The van der Waals surface area contributed by atoms with Crippen molar-refractivity contribution in [2.45, 2.75) is 8.56 Å². The van der Waals surface area contributed by atoms with Crippen molar-refractivity contribution in [3.05, 3.63) is 0 Å². The number of hydrogen-bond acceptors (Lipinski definition) is 2. The highest BCUT2D eigenvalue weighted by Gasteiger charge is 2.21. The first-order chi connectivity index (χ1) is 4.21. The Balaban J connectivity index is 3.79. The smallest absolute Gasteiger partial charge is 0.197 e. The minimum Gasteiger partial charge on any atom is -0.197 e. The average Bonchev–Trinajstić information content (AvgIpc) is 1.57. The van der Waals surface area contributed by atoms with Crippen LogP contribution < -0.4 is 0 Å². The Kier molecular flexibility index (Phi) is 4.36. The molecular formula is C3H4Br3O3S. The van der Waals surface area contributed by atoms with Gasteiger partial charge in [-0.3, -0.25) is 0 Å². The van der Waals surface area contributed by atoms with Gasteiger partial charge in [-0.15, -0.1) is 0 Å². The van der Waals surface area contributed by atoms with Gasteiger partial charge in [0.15, 0.2) is 0 Å². The highest BCUT2D eigenvalue weighted by molar-refractivity contribution is 9.39. The largest absolute Gasteiger partial charge is 0.294 e. The summed E-state index contributed by atoms with van der Waals surface area (Å²) < 4.78 is 29.5. The van der Waals surface area contributed by atoms with Gasteiger partial charge in [-0.1, -0.05) is 52.3 Å². The third-order valence-electron chi connectivity index (χ3n) is 0.636. The lowest BCUT2D eigenvalue weighted by molar-refractivity contribution is 0.413. The van der Waals surface area contributed by atoms with Crippen LogP contribution in [0.5, 0.6) is 0 Å². The van der Waals surface area contributed by atoms with Gasteiger partial charge in [0, 0.05) is 0 Å². The molecule has 0 bridgehead atoms. The molecule has 0 rings (SSSR count). The average molecular weight is 360 g/mol. The molecule has 0 aromatic carbocycles. The van der Waals surface area contributed by atoms with Crippen LogP contribution in [-0.4, -0.2) is 16.3 Å². The normalized spacial score (nSPS) is 13.6. The molecule has 0 unspecified atom stereocenters. The Labute approximate surface area is 84.7 Å². The van der Waals surface area contributed by atoms with E-state index in [4.69, 9.17) is 0 Å². The van der Waals surface area contributed by atoms with Crippen molar-refractivity contribution < 1.29 is 13.0 Å². The fraction of sp³-hybridized carbons (Fsp3) is 1.00. The molecule has 0 aliphatic heterocycles. The Morgan fingerprint density at radius 1 is 1.20 bits per heavy atom. The zero-order chi connectivity index (χ0) is 8.41. The first kappa shape index (κ1) is 11.4. The van der Waals surface area contributed by atoms with Crippen LogP contribution in [0.4, 0.5) is 0 Å². The van der Waals surface area contributed by atoms with Gasteiger partial charge in [0.2, 0.25) is 0 Å². The van der Waals surface area contributed by atoms with Gasteiger partial charge < -0.3 is 0 Å². The van der Waals surface area contributed by atoms with Gasteiger partial charge in [0.25, 0.3) is 10.1 Å². The Morgan fingerprint density at radius 3 is 1.70 bits per heavy atom. The monoisotopic (exact) mass is 357 g/mol. The molecule has 7 heteroatoms. The highest BCUT2D eigenvalue weighted by Crippen LogP contribution is 2.37. The second kappa shape index (κ2) is 3.84. The van der Waals surface area contributed by atoms with E-state index >= 15 is 0 Å². The first-order valence-corrected chi connectivity index (χ1v) is 6.17. The van der Waals surface area contributed by atoms with Crippen LogP contribution in [0.25, 0.3) is 0 Å². The Bertz CT molecular complexity index is 192. The standard InChI is InChI=1S/C3H4Br3O3S/c4-3(5,6)1-2-10(7,8)9/h1-2H2. The van der Waals surface area contributed by atoms with Gasteiger partial charge in [0.1, 0.15) is 2.14 Å². The zero-order valence-corrected chi connectivity index (χ0v) is 10.3. The number of alkyl halides is 3. The van der Waals surface area contributed by atoms with Gasteiger partial charge in [-0.05, 0) is 6.42 Å². The van der Waals surface area contributed by atoms with E-state index in [1.165, 1.54) is 0 Å².